The van der Waals surface area contributed by atoms with Crippen molar-refractivity contribution in [2.24, 2.45) is 0 Å². The lowest BCUT2D eigenvalue weighted by Gasteiger charge is -2.22. The minimum absolute atomic E-state index is 0. The summed E-state index contributed by atoms with van der Waals surface area (Å²) in [5.74, 6) is -0.0466. The lowest BCUT2D eigenvalue weighted by molar-refractivity contribution is 0.0985. The Labute approximate surface area is 178 Å². The predicted molar refractivity (Wildman–Crippen MR) is 120 cm³/mol. The highest BCUT2D eigenvalue weighted by Crippen LogP contribution is 2.33. The highest BCUT2D eigenvalue weighted by molar-refractivity contribution is 7.98. The van der Waals surface area contributed by atoms with Gasteiger partial charge in [-0.05, 0) is 56.7 Å². The first-order valence-electron chi connectivity index (χ1n) is 8.15. The summed E-state index contributed by atoms with van der Waals surface area (Å²) in [4.78, 5) is 22.7. The SMILES string of the molecule is CSc1ccc(C(=O)N(CCN(C)C)c2nc3c(Cl)cccc3s2)cc1.Cl. The first-order chi connectivity index (χ1) is 12.5. The topological polar surface area (TPSA) is 36.4 Å². The maximum Gasteiger partial charge on any atom is 0.260 e. The Morgan fingerprint density at radius 2 is 1.85 bits per heavy atom. The van der Waals surface area contributed by atoms with E-state index in [4.69, 9.17) is 11.6 Å². The van der Waals surface area contributed by atoms with Crippen LogP contribution in [0.5, 0.6) is 0 Å². The molecule has 0 aliphatic rings. The number of para-hydroxylation sites is 1. The van der Waals surface area contributed by atoms with Crippen LogP contribution in [0.15, 0.2) is 47.4 Å². The molecule has 4 nitrogen and oxygen atoms in total. The molecule has 0 atom stereocenters. The summed E-state index contributed by atoms with van der Waals surface area (Å²) in [5, 5.41) is 1.28. The molecule has 2 aromatic carbocycles. The number of hydrogen-bond acceptors (Lipinski definition) is 5. The fraction of sp³-hybridized carbons (Fsp3) is 0.263. The Bertz CT molecular complexity index is 913. The average Bonchev–Trinajstić information content (AvgIpc) is 3.07. The Morgan fingerprint density at radius 3 is 2.44 bits per heavy atom. The van der Waals surface area contributed by atoms with E-state index < -0.39 is 0 Å². The van der Waals surface area contributed by atoms with E-state index in [2.05, 4.69) is 9.88 Å². The number of carbonyl (C=O) groups excluding carboxylic acids is 1. The maximum absolute atomic E-state index is 13.2. The average molecular weight is 442 g/mol. The Kier molecular flexibility index (Phi) is 7.94. The Morgan fingerprint density at radius 1 is 1.15 bits per heavy atom. The van der Waals surface area contributed by atoms with E-state index in [1.165, 1.54) is 11.3 Å². The quantitative estimate of drug-likeness (QED) is 0.486. The number of carbonyl (C=O) groups is 1. The van der Waals surface area contributed by atoms with E-state index in [0.717, 1.165) is 21.7 Å². The molecule has 8 heteroatoms. The van der Waals surface area contributed by atoms with Crippen LogP contribution in [0.4, 0.5) is 5.13 Å². The number of thioether (sulfide) groups is 1. The summed E-state index contributed by atoms with van der Waals surface area (Å²) in [6, 6.07) is 13.4. The van der Waals surface area contributed by atoms with Crippen molar-refractivity contribution in [2.45, 2.75) is 4.90 Å². The third kappa shape index (κ3) is 5.15. The van der Waals surface area contributed by atoms with Crippen LogP contribution in [-0.4, -0.2) is 49.2 Å². The molecule has 27 heavy (non-hydrogen) atoms. The van der Waals surface area contributed by atoms with Gasteiger partial charge in [0.15, 0.2) is 5.13 Å². The predicted octanol–water partition coefficient (Wildman–Crippen LogP) is 5.30. The van der Waals surface area contributed by atoms with E-state index in [-0.39, 0.29) is 18.3 Å². The van der Waals surface area contributed by atoms with Gasteiger partial charge in [-0.15, -0.1) is 24.2 Å². The second-order valence-electron chi connectivity index (χ2n) is 6.07. The summed E-state index contributed by atoms with van der Waals surface area (Å²) in [6.07, 6.45) is 2.02. The fourth-order valence-corrected chi connectivity index (χ4v) is 4.19. The van der Waals surface area contributed by atoms with Crippen LogP contribution in [0.25, 0.3) is 10.2 Å². The van der Waals surface area contributed by atoms with Gasteiger partial charge in [-0.25, -0.2) is 4.98 Å². The number of halogens is 2. The van der Waals surface area contributed by atoms with Crippen molar-refractivity contribution < 1.29 is 4.79 Å². The number of amides is 1. The number of anilines is 1. The molecule has 3 rings (SSSR count). The van der Waals surface area contributed by atoms with Crippen LogP contribution in [0.2, 0.25) is 5.02 Å². The third-order valence-electron chi connectivity index (χ3n) is 3.94. The fourth-order valence-electron chi connectivity index (χ4n) is 2.49. The Hall–Kier alpha value is -1.31. The van der Waals surface area contributed by atoms with Gasteiger partial charge in [0.2, 0.25) is 0 Å². The van der Waals surface area contributed by atoms with Crippen LogP contribution in [0.1, 0.15) is 10.4 Å². The molecule has 0 unspecified atom stereocenters. The third-order valence-corrected chi connectivity index (χ3v) is 6.03. The Balaban J connectivity index is 0.00000261. The number of aromatic nitrogens is 1. The molecule has 0 aliphatic carbocycles. The van der Waals surface area contributed by atoms with E-state index in [9.17, 15) is 4.79 Å². The molecule has 1 aromatic heterocycles. The molecule has 0 saturated heterocycles. The van der Waals surface area contributed by atoms with Gasteiger partial charge in [0.1, 0.15) is 5.52 Å². The molecule has 0 aliphatic heterocycles. The zero-order valence-electron chi connectivity index (χ0n) is 15.3. The van der Waals surface area contributed by atoms with Gasteiger partial charge in [-0.3, -0.25) is 9.69 Å². The maximum atomic E-state index is 13.2. The first kappa shape index (κ1) is 22.0. The van der Waals surface area contributed by atoms with Crippen LogP contribution in [0.3, 0.4) is 0 Å². The van der Waals surface area contributed by atoms with Gasteiger partial charge in [0, 0.05) is 23.5 Å². The summed E-state index contributed by atoms with van der Waals surface area (Å²) in [5.41, 5.74) is 1.40. The van der Waals surface area contributed by atoms with Gasteiger partial charge in [0.25, 0.3) is 5.91 Å². The van der Waals surface area contributed by atoms with Gasteiger partial charge in [-0.1, -0.05) is 29.0 Å². The molecule has 144 valence electrons. The van der Waals surface area contributed by atoms with E-state index in [1.807, 2.05) is 62.8 Å². The second-order valence-corrected chi connectivity index (χ2v) is 8.37. The monoisotopic (exact) mass is 441 g/mol. The number of nitrogens with zero attached hydrogens (tertiary/aromatic N) is 3. The molecular formula is C19H21Cl2N3OS2. The number of rotatable bonds is 6. The van der Waals surface area contributed by atoms with Crippen molar-refractivity contribution in [1.29, 1.82) is 0 Å². The van der Waals surface area contributed by atoms with Crippen LogP contribution in [-0.2, 0) is 0 Å². The van der Waals surface area contributed by atoms with Crippen LogP contribution in [0, 0.1) is 0 Å². The second kappa shape index (κ2) is 9.75. The largest absolute Gasteiger partial charge is 0.308 e. The van der Waals surface area contributed by atoms with Crippen molar-refractivity contribution in [1.82, 2.24) is 9.88 Å². The number of benzene rings is 2. The standard InChI is InChI=1S/C19H20ClN3OS2.ClH/c1-22(2)11-12-23(18(24)13-7-9-14(25-3)10-8-13)19-21-17-15(20)5-4-6-16(17)26-19;/h4-10H,11-12H2,1-3H3;1H. The van der Waals surface area contributed by atoms with Crippen molar-refractivity contribution in [3.8, 4) is 0 Å². The molecule has 0 fully saturated rings. The molecule has 3 aromatic rings. The van der Waals surface area contributed by atoms with Gasteiger partial charge in [-0.2, -0.15) is 0 Å². The van der Waals surface area contributed by atoms with Gasteiger partial charge in [0.05, 0.1) is 9.72 Å². The smallest absolute Gasteiger partial charge is 0.260 e. The minimum Gasteiger partial charge on any atom is -0.308 e. The zero-order chi connectivity index (χ0) is 18.7. The van der Waals surface area contributed by atoms with Crippen LogP contribution >= 0.6 is 47.1 Å². The normalized spacial score (nSPS) is 10.9. The molecule has 0 spiro atoms. The molecule has 0 bridgehead atoms. The number of likely N-dealkylation sites (N-methyl/N-ethyl adjacent to an activating group) is 1. The van der Waals surface area contributed by atoms with Crippen LogP contribution < -0.4 is 4.90 Å². The highest BCUT2D eigenvalue weighted by Gasteiger charge is 2.22. The summed E-state index contributed by atoms with van der Waals surface area (Å²) in [6.45, 7) is 1.31. The number of fused-ring (bicyclic) bond motifs is 1. The molecule has 1 heterocycles. The van der Waals surface area contributed by atoms with Crippen molar-refractivity contribution in [3.63, 3.8) is 0 Å². The van der Waals surface area contributed by atoms with E-state index >= 15 is 0 Å². The zero-order valence-corrected chi connectivity index (χ0v) is 18.5. The van der Waals surface area contributed by atoms with E-state index in [0.29, 0.717) is 22.3 Å². The lowest BCUT2D eigenvalue weighted by atomic mass is 10.2. The highest BCUT2D eigenvalue weighted by atomic mass is 35.5. The molecule has 0 N–H and O–H groups in total. The first-order valence-corrected chi connectivity index (χ1v) is 10.6. The number of thiazole rings is 1. The molecule has 0 radical (unpaired) electrons. The lowest BCUT2D eigenvalue weighted by Crippen LogP contribution is -2.36. The summed E-state index contributed by atoms with van der Waals surface area (Å²) < 4.78 is 0.980. The van der Waals surface area contributed by atoms with Crippen molar-refractivity contribution in [3.05, 3.63) is 53.1 Å². The van der Waals surface area contributed by atoms with Gasteiger partial charge >= 0.3 is 0 Å². The molecular weight excluding hydrogens is 421 g/mol. The summed E-state index contributed by atoms with van der Waals surface area (Å²) >= 11 is 9.41. The van der Waals surface area contributed by atoms with Gasteiger partial charge < -0.3 is 4.90 Å². The molecule has 1 amide bonds. The van der Waals surface area contributed by atoms with Crippen molar-refractivity contribution >= 4 is 68.4 Å². The molecule has 0 saturated carbocycles. The minimum atomic E-state index is -0.0466. The number of hydrogen-bond donors (Lipinski definition) is 0. The summed E-state index contributed by atoms with van der Waals surface area (Å²) in [7, 11) is 3.98. The van der Waals surface area contributed by atoms with Crippen molar-refractivity contribution in [2.75, 3.05) is 38.3 Å². The van der Waals surface area contributed by atoms with E-state index in [1.54, 1.807) is 16.7 Å².